The Morgan fingerprint density at radius 1 is 0.755 bits per heavy atom. The summed E-state index contributed by atoms with van der Waals surface area (Å²) < 4.78 is 0. The van der Waals surface area contributed by atoms with E-state index < -0.39 is 0 Å². The summed E-state index contributed by atoms with van der Waals surface area (Å²) in [6.07, 6.45) is 33.4. The number of unbranched alkanes of at least 4 members (excludes halogenated alkanes) is 11. The minimum absolute atomic E-state index is 0.180. The standard InChI is InChI=1S/C47H82N2O4/c1-5-6-7-8-9-10-11-12-13-14-15-16-17-18-19-20-44(53)49-31-27-37(28-32-49)48-43(52)24-21-35(2)39-22-23-40-45-41(26-30-47(39,40)4)46(3)29-25-38(50)33-36(46)34-42(45)51/h12-13,35-42,45,50-51H,5-11,14-34H2,1-4H3,(H,48,52). The van der Waals surface area contributed by atoms with Crippen LogP contribution in [-0.2, 0) is 9.59 Å². The van der Waals surface area contributed by atoms with Gasteiger partial charge in [-0.2, -0.15) is 0 Å². The van der Waals surface area contributed by atoms with Crippen LogP contribution in [0.1, 0.15) is 195 Å². The number of carbonyl (C=O) groups is 2. The van der Waals surface area contributed by atoms with Gasteiger partial charge in [0.05, 0.1) is 12.2 Å². The highest BCUT2D eigenvalue weighted by Gasteiger charge is 2.62. The molecule has 5 rings (SSSR count). The Labute approximate surface area is 325 Å². The number of nitrogens with zero attached hydrogens (tertiary/aromatic N) is 1. The van der Waals surface area contributed by atoms with Crippen molar-refractivity contribution in [3.63, 3.8) is 0 Å². The van der Waals surface area contributed by atoms with Gasteiger partial charge in [-0.25, -0.2) is 0 Å². The van der Waals surface area contributed by atoms with Crippen LogP contribution >= 0.6 is 0 Å². The third-order valence-electron chi connectivity index (χ3n) is 16.1. The van der Waals surface area contributed by atoms with Gasteiger partial charge in [0.1, 0.15) is 0 Å². The van der Waals surface area contributed by atoms with Gasteiger partial charge >= 0.3 is 0 Å². The first-order chi connectivity index (χ1) is 25.6. The molecule has 5 aliphatic rings. The maximum atomic E-state index is 13.2. The second kappa shape index (κ2) is 20.7. The third-order valence-corrected chi connectivity index (χ3v) is 16.1. The van der Waals surface area contributed by atoms with E-state index in [1.165, 1.54) is 96.3 Å². The molecule has 4 aliphatic carbocycles. The Kier molecular flexibility index (Phi) is 16.7. The van der Waals surface area contributed by atoms with E-state index in [4.69, 9.17) is 0 Å². The number of fused-ring (bicyclic) bond motifs is 5. The third kappa shape index (κ3) is 11.1. The summed E-state index contributed by atoms with van der Waals surface area (Å²) in [5, 5.41) is 25.3. The summed E-state index contributed by atoms with van der Waals surface area (Å²) >= 11 is 0. The van der Waals surface area contributed by atoms with Crippen molar-refractivity contribution in [2.45, 2.75) is 213 Å². The van der Waals surface area contributed by atoms with Crippen molar-refractivity contribution in [2.75, 3.05) is 13.1 Å². The summed E-state index contributed by atoms with van der Waals surface area (Å²) in [6, 6.07) is 0.184. The van der Waals surface area contributed by atoms with Gasteiger partial charge in [0.25, 0.3) is 0 Å². The average Bonchev–Trinajstić information content (AvgIpc) is 3.50. The summed E-state index contributed by atoms with van der Waals surface area (Å²) in [6.45, 7) is 11.2. The van der Waals surface area contributed by atoms with E-state index in [1.807, 2.05) is 4.90 Å². The van der Waals surface area contributed by atoms with Gasteiger partial charge < -0.3 is 20.4 Å². The van der Waals surface area contributed by atoms with Crippen LogP contribution in [0.3, 0.4) is 0 Å². The molecule has 304 valence electrons. The van der Waals surface area contributed by atoms with E-state index in [0.29, 0.717) is 54.3 Å². The molecule has 1 aliphatic heterocycles. The van der Waals surface area contributed by atoms with E-state index in [-0.39, 0.29) is 35.0 Å². The van der Waals surface area contributed by atoms with E-state index in [1.54, 1.807) is 0 Å². The number of likely N-dealkylation sites (tertiary alicyclic amines) is 1. The first-order valence-electron chi connectivity index (χ1n) is 23.1. The summed E-state index contributed by atoms with van der Waals surface area (Å²) in [4.78, 5) is 28.1. The van der Waals surface area contributed by atoms with Gasteiger partial charge in [0.15, 0.2) is 0 Å². The Morgan fingerprint density at radius 3 is 2.08 bits per heavy atom. The number of allylic oxidation sites excluding steroid dienone is 2. The minimum atomic E-state index is -0.235. The molecule has 0 bridgehead atoms. The van der Waals surface area contributed by atoms with Crippen LogP contribution in [0.5, 0.6) is 0 Å². The SMILES string of the molecule is CCCCCCCCC=CCCCCCCCC(=O)N1CCC(NC(=O)CCC(C)C2CCC3C4C(O)CC5CC(O)CCC5(C)C4CCC23C)CC1. The summed E-state index contributed by atoms with van der Waals surface area (Å²) in [7, 11) is 0. The maximum absolute atomic E-state index is 13.2. The number of piperidine rings is 1. The molecule has 0 aromatic heterocycles. The number of carbonyl (C=O) groups excluding carboxylic acids is 2. The fourth-order valence-corrected chi connectivity index (χ4v) is 12.8. The molecule has 4 saturated carbocycles. The van der Waals surface area contributed by atoms with Crippen LogP contribution in [0.4, 0.5) is 0 Å². The van der Waals surface area contributed by atoms with Gasteiger partial charge in [0.2, 0.25) is 11.8 Å². The van der Waals surface area contributed by atoms with Crippen LogP contribution in [0, 0.1) is 46.3 Å². The predicted octanol–water partition coefficient (Wildman–Crippen LogP) is 10.5. The first kappa shape index (κ1) is 42.7. The Morgan fingerprint density at radius 2 is 1.38 bits per heavy atom. The molecule has 2 amide bonds. The second-order valence-electron chi connectivity index (χ2n) is 19.5. The van der Waals surface area contributed by atoms with Crippen molar-refractivity contribution in [1.82, 2.24) is 10.2 Å². The van der Waals surface area contributed by atoms with Gasteiger partial charge in [-0.15, -0.1) is 0 Å². The number of aliphatic hydroxyl groups excluding tert-OH is 2. The lowest BCUT2D eigenvalue weighted by Gasteiger charge is -2.62. The average molecular weight is 739 g/mol. The maximum Gasteiger partial charge on any atom is 0.222 e. The molecule has 1 saturated heterocycles. The lowest BCUT2D eigenvalue weighted by Crippen LogP contribution is -2.58. The normalized spacial score (nSPS) is 35.1. The zero-order valence-electron chi connectivity index (χ0n) is 34.8. The van der Waals surface area contributed by atoms with E-state index >= 15 is 0 Å². The van der Waals surface area contributed by atoms with Crippen molar-refractivity contribution < 1.29 is 19.8 Å². The van der Waals surface area contributed by atoms with Crippen molar-refractivity contribution in [1.29, 1.82) is 0 Å². The van der Waals surface area contributed by atoms with Crippen molar-refractivity contribution in [2.24, 2.45) is 46.3 Å². The van der Waals surface area contributed by atoms with Crippen molar-refractivity contribution >= 4 is 11.8 Å². The molecular weight excluding hydrogens is 657 g/mol. The molecule has 0 radical (unpaired) electrons. The van der Waals surface area contributed by atoms with E-state index in [2.05, 4.69) is 45.2 Å². The van der Waals surface area contributed by atoms with E-state index in [0.717, 1.165) is 70.9 Å². The quantitative estimate of drug-likeness (QED) is 0.0857. The Balaban J connectivity index is 0.920. The van der Waals surface area contributed by atoms with Crippen LogP contribution in [0.15, 0.2) is 12.2 Å². The molecule has 0 aromatic rings. The summed E-state index contributed by atoms with van der Waals surface area (Å²) in [5.74, 6) is 3.59. The number of hydrogen-bond donors (Lipinski definition) is 3. The van der Waals surface area contributed by atoms with E-state index in [9.17, 15) is 19.8 Å². The second-order valence-corrected chi connectivity index (χ2v) is 19.5. The van der Waals surface area contributed by atoms with Crippen molar-refractivity contribution in [3.05, 3.63) is 12.2 Å². The highest BCUT2D eigenvalue weighted by molar-refractivity contribution is 5.77. The van der Waals surface area contributed by atoms with Crippen molar-refractivity contribution in [3.8, 4) is 0 Å². The smallest absolute Gasteiger partial charge is 0.222 e. The lowest BCUT2D eigenvalue weighted by molar-refractivity contribution is -0.174. The number of rotatable bonds is 20. The Hall–Kier alpha value is -1.40. The lowest BCUT2D eigenvalue weighted by atomic mass is 9.43. The first-order valence-corrected chi connectivity index (χ1v) is 23.1. The molecule has 53 heavy (non-hydrogen) atoms. The molecule has 3 N–H and O–H groups in total. The number of hydrogen-bond acceptors (Lipinski definition) is 4. The molecule has 0 aromatic carbocycles. The molecule has 1 heterocycles. The Bertz CT molecular complexity index is 1150. The molecule has 0 spiro atoms. The highest BCUT2D eigenvalue weighted by atomic mass is 16.3. The number of amides is 2. The predicted molar refractivity (Wildman–Crippen MR) is 218 cm³/mol. The topological polar surface area (TPSA) is 89.9 Å². The molecule has 5 fully saturated rings. The monoisotopic (exact) mass is 739 g/mol. The zero-order chi connectivity index (χ0) is 37.8. The molecule has 10 unspecified atom stereocenters. The molecular formula is C47H82N2O4. The number of nitrogens with one attached hydrogen (secondary N) is 1. The molecule has 10 atom stereocenters. The fourth-order valence-electron chi connectivity index (χ4n) is 12.8. The summed E-state index contributed by atoms with van der Waals surface area (Å²) in [5.41, 5.74) is 0.512. The minimum Gasteiger partial charge on any atom is -0.393 e. The zero-order valence-corrected chi connectivity index (χ0v) is 34.8. The van der Waals surface area contributed by atoms with Crippen LogP contribution in [0.2, 0.25) is 0 Å². The number of aliphatic hydroxyl groups is 2. The fraction of sp³-hybridized carbons (Fsp3) is 0.915. The molecule has 6 heteroatoms. The van der Waals surface area contributed by atoms with Crippen LogP contribution < -0.4 is 5.32 Å². The van der Waals surface area contributed by atoms with Gasteiger partial charge in [0, 0.05) is 32.0 Å². The van der Waals surface area contributed by atoms with Gasteiger partial charge in [-0.1, -0.05) is 91.2 Å². The highest BCUT2D eigenvalue weighted by Crippen LogP contribution is 2.68. The molecule has 6 nitrogen and oxygen atoms in total. The van der Waals surface area contributed by atoms with Gasteiger partial charge in [-0.05, 0) is 149 Å². The largest absolute Gasteiger partial charge is 0.393 e. The van der Waals surface area contributed by atoms with Crippen LogP contribution in [-0.4, -0.2) is 58.3 Å². The van der Waals surface area contributed by atoms with Crippen LogP contribution in [0.25, 0.3) is 0 Å². The van der Waals surface area contributed by atoms with Gasteiger partial charge in [-0.3, -0.25) is 9.59 Å².